The Morgan fingerprint density at radius 3 is 1.95 bits per heavy atom. The summed E-state index contributed by atoms with van der Waals surface area (Å²) in [5, 5.41) is 2.55. The Hall–Kier alpha value is -2.15. The van der Waals surface area contributed by atoms with Crippen LogP contribution in [0.25, 0.3) is 0 Å². The minimum atomic E-state index is -1.56. The Labute approximate surface area is 117 Å². The second kappa shape index (κ2) is 5.46. The van der Waals surface area contributed by atoms with Crippen LogP contribution in [-0.2, 0) is 0 Å². The van der Waals surface area contributed by atoms with E-state index in [2.05, 4.69) is 17.5 Å². The first-order valence-electron chi connectivity index (χ1n) is 5.39. The van der Waals surface area contributed by atoms with Crippen LogP contribution in [0.1, 0.15) is 5.56 Å². The largest absolute Gasteiger partial charge is 0.389 e. The van der Waals surface area contributed by atoms with Gasteiger partial charge >= 0.3 is 0 Å². The normalized spacial score (nSPS) is 10.4. The minimum absolute atomic E-state index is 0.0520. The SMILES string of the molecule is NC(=S)c1ccc(Nc2cc(F)c(F)c(F)c2)cc1F. The molecule has 0 heterocycles. The van der Waals surface area contributed by atoms with Crippen molar-refractivity contribution >= 4 is 28.6 Å². The summed E-state index contributed by atoms with van der Waals surface area (Å²) in [5.41, 5.74) is 5.52. The van der Waals surface area contributed by atoms with Crippen LogP contribution in [0.3, 0.4) is 0 Å². The summed E-state index contributed by atoms with van der Waals surface area (Å²) in [5.74, 6) is -4.92. The number of nitrogens with one attached hydrogen (secondary N) is 1. The van der Waals surface area contributed by atoms with Crippen molar-refractivity contribution in [3.63, 3.8) is 0 Å². The first-order valence-corrected chi connectivity index (χ1v) is 5.80. The van der Waals surface area contributed by atoms with Crippen molar-refractivity contribution in [2.45, 2.75) is 0 Å². The maximum absolute atomic E-state index is 13.6. The third-order valence-electron chi connectivity index (χ3n) is 2.51. The number of hydrogen-bond acceptors (Lipinski definition) is 2. The molecule has 0 unspecified atom stereocenters. The third-order valence-corrected chi connectivity index (χ3v) is 2.73. The summed E-state index contributed by atoms with van der Waals surface area (Å²) in [6.45, 7) is 0. The number of halogens is 4. The molecular weight excluding hydrogens is 292 g/mol. The van der Waals surface area contributed by atoms with Crippen molar-refractivity contribution < 1.29 is 17.6 Å². The fourth-order valence-corrected chi connectivity index (χ4v) is 1.75. The minimum Gasteiger partial charge on any atom is -0.389 e. The molecule has 2 aromatic carbocycles. The highest BCUT2D eigenvalue weighted by Gasteiger charge is 2.11. The highest BCUT2D eigenvalue weighted by molar-refractivity contribution is 7.80. The van der Waals surface area contributed by atoms with Gasteiger partial charge < -0.3 is 11.1 Å². The molecule has 0 amide bonds. The van der Waals surface area contributed by atoms with Gasteiger partial charge in [0.05, 0.1) is 0 Å². The fourth-order valence-electron chi connectivity index (χ4n) is 1.59. The molecule has 0 radical (unpaired) electrons. The number of thiocarbonyl (C=S) groups is 1. The van der Waals surface area contributed by atoms with Crippen LogP contribution in [0.5, 0.6) is 0 Å². The summed E-state index contributed by atoms with van der Waals surface area (Å²) in [4.78, 5) is -0.104. The number of nitrogens with two attached hydrogens (primary N) is 1. The second-order valence-electron chi connectivity index (χ2n) is 3.94. The van der Waals surface area contributed by atoms with E-state index < -0.39 is 23.3 Å². The van der Waals surface area contributed by atoms with Gasteiger partial charge in [0.15, 0.2) is 17.5 Å². The molecule has 3 N–H and O–H groups in total. The van der Waals surface area contributed by atoms with E-state index in [1.165, 1.54) is 12.1 Å². The number of hydrogen-bond donors (Lipinski definition) is 2. The third kappa shape index (κ3) is 2.88. The van der Waals surface area contributed by atoms with Gasteiger partial charge in [0.2, 0.25) is 0 Å². The molecule has 0 aliphatic rings. The number of rotatable bonds is 3. The Morgan fingerprint density at radius 2 is 1.45 bits per heavy atom. The molecule has 0 bridgehead atoms. The Kier molecular flexibility index (Phi) is 3.89. The van der Waals surface area contributed by atoms with Crippen molar-refractivity contribution in [2.75, 3.05) is 5.32 Å². The molecule has 0 saturated carbocycles. The van der Waals surface area contributed by atoms with Gasteiger partial charge in [0.25, 0.3) is 0 Å². The highest BCUT2D eigenvalue weighted by Crippen LogP contribution is 2.23. The lowest BCUT2D eigenvalue weighted by Gasteiger charge is -2.09. The molecule has 20 heavy (non-hydrogen) atoms. The number of anilines is 2. The van der Waals surface area contributed by atoms with Crippen LogP contribution in [-0.4, -0.2) is 4.99 Å². The zero-order valence-corrected chi connectivity index (χ0v) is 10.7. The molecule has 7 heteroatoms. The van der Waals surface area contributed by atoms with E-state index in [0.717, 1.165) is 18.2 Å². The topological polar surface area (TPSA) is 38.0 Å². The average molecular weight is 300 g/mol. The smallest absolute Gasteiger partial charge is 0.194 e. The van der Waals surface area contributed by atoms with E-state index in [0.29, 0.717) is 0 Å². The summed E-state index contributed by atoms with van der Waals surface area (Å²) in [6.07, 6.45) is 0. The standard InChI is InChI=1S/C13H8F4N2S/c14-9-3-6(1-2-8(9)13(18)20)19-7-4-10(15)12(17)11(16)5-7/h1-5,19H,(H2,18,20). The molecule has 2 rings (SSSR count). The molecule has 0 saturated heterocycles. The van der Waals surface area contributed by atoms with Crippen LogP contribution in [0, 0.1) is 23.3 Å². The molecule has 0 atom stereocenters. The predicted octanol–water partition coefficient (Wildman–Crippen LogP) is 3.62. The van der Waals surface area contributed by atoms with Crippen molar-refractivity contribution in [3.8, 4) is 0 Å². The van der Waals surface area contributed by atoms with Gasteiger partial charge in [0, 0.05) is 29.1 Å². The zero-order chi connectivity index (χ0) is 14.9. The van der Waals surface area contributed by atoms with Gasteiger partial charge in [-0.05, 0) is 18.2 Å². The van der Waals surface area contributed by atoms with Crippen LogP contribution < -0.4 is 11.1 Å². The molecule has 0 aromatic heterocycles. The van der Waals surface area contributed by atoms with Gasteiger partial charge in [-0.3, -0.25) is 0 Å². The predicted molar refractivity (Wildman–Crippen MR) is 71.9 cm³/mol. The lowest BCUT2D eigenvalue weighted by Crippen LogP contribution is -2.11. The molecule has 2 nitrogen and oxygen atoms in total. The first kappa shape index (κ1) is 14.3. The van der Waals surface area contributed by atoms with E-state index >= 15 is 0 Å². The van der Waals surface area contributed by atoms with Gasteiger partial charge in [-0.15, -0.1) is 0 Å². The maximum Gasteiger partial charge on any atom is 0.194 e. The zero-order valence-electron chi connectivity index (χ0n) is 9.88. The molecule has 104 valence electrons. The summed E-state index contributed by atoms with van der Waals surface area (Å²) < 4.78 is 52.5. The number of benzene rings is 2. The van der Waals surface area contributed by atoms with Crippen LogP contribution >= 0.6 is 12.2 Å². The van der Waals surface area contributed by atoms with Crippen molar-refractivity contribution in [3.05, 3.63) is 59.2 Å². The lowest BCUT2D eigenvalue weighted by atomic mass is 10.2. The summed E-state index contributed by atoms with van der Waals surface area (Å²) in [6, 6.07) is 5.34. The van der Waals surface area contributed by atoms with Gasteiger partial charge in [-0.1, -0.05) is 12.2 Å². The quantitative estimate of drug-likeness (QED) is 0.516. The Morgan fingerprint density at radius 1 is 0.900 bits per heavy atom. The van der Waals surface area contributed by atoms with E-state index in [-0.39, 0.29) is 21.9 Å². The molecule has 0 aliphatic heterocycles. The van der Waals surface area contributed by atoms with Crippen molar-refractivity contribution in [1.29, 1.82) is 0 Å². The van der Waals surface area contributed by atoms with E-state index in [9.17, 15) is 17.6 Å². The maximum atomic E-state index is 13.6. The van der Waals surface area contributed by atoms with Crippen molar-refractivity contribution in [1.82, 2.24) is 0 Å². The highest BCUT2D eigenvalue weighted by atomic mass is 32.1. The molecule has 0 fully saturated rings. The summed E-state index contributed by atoms with van der Waals surface area (Å²) in [7, 11) is 0. The summed E-state index contributed by atoms with van der Waals surface area (Å²) >= 11 is 4.65. The van der Waals surface area contributed by atoms with Gasteiger partial charge in [-0.2, -0.15) is 0 Å². The second-order valence-corrected chi connectivity index (χ2v) is 4.38. The Bertz CT molecular complexity index is 665. The van der Waals surface area contributed by atoms with Crippen LogP contribution in [0.15, 0.2) is 30.3 Å². The molecule has 0 aliphatic carbocycles. The molecule has 0 spiro atoms. The van der Waals surface area contributed by atoms with Crippen molar-refractivity contribution in [2.24, 2.45) is 5.73 Å². The van der Waals surface area contributed by atoms with Gasteiger partial charge in [0.1, 0.15) is 10.8 Å². The van der Waals surface area contributed by atoms with Crippen LogP contribution in [0.2, 0.25) is 0 Å². The van der Waals surface area contributed by atoms with E-state index in [1.54, 1.807) is 0 Å². The average Bonchev–Trinajstić information content (AvgIpc) is 2.35. The Balaban J connectivity index is 2.31. The van der Waals surface area contributed by atoms with E-state index in [4.69, 9.17) is 5.73 Å². The van der Waals surface area contributed by atoms with Crippen LogP contribution in [0.4, 0.5) is 28.9 Å². The van der Waals surface area contributed by atoms with Gasteiger partial charge in [-0.25, -0.2) is 17.6 Å². The molecule has 2 aromatic rings. The lowest BCUT2D eigenvalue weighted by molar-refractivity contribution is 0.448. The monoisotopic (exact) mass is 300 g/mol. The molecular formula is C13H8F4N2S. The fraction of sp³-hybridized carbons (Fsp3) is 0. The first-order chi connectivity index (χ1) is 9.38. The van der Waals surface area contributed by atoms with E-state index in [1.807, 2.05) is 0 Å².